The molecule has 0 unspecified atom stereocenters. The molecule has 0 aliphatic carbocycles. The Morgan fingerprint density at radius 2 is 1.72 bits per heavy atom. The van der Waals surface area contributed by atoms with Crippen LogP contribution in [-0.2, 0) is 0 Å². The van der Waals surface area contributed by atoms with Crippen LogP contribution in [0.2, 0.25) is 0 Å². The third-order valence-electron chi connectivity index (χ3n) is 5.14. The molecule has 3 aromatic rings. The van der Waals surface area contributed by atoms with Crippen LogP contribution in [0, 0.1) is 0 Å². The van der Waals surface area contributed by atoms with Gasteiger partial charge in [0.2, 0.25) is 0 Å². The van der Waals surface area contributed by atoms with Crippen molar-refractivity contribution in [1.29, 1.82) is 0 Å². The quantitative estimate of drug-likeness (QED) is 0.678. The molecule has 4 rings (SSSR count). The zero-order valence-corrected chi connectivity index (χ0v) is 16.4. The third kappa shape index (κ3) is 3.63. The Morgan fingerprint density at radius 3 is 2.45 bits per heavy atom. The number of carbonyl (C=O) groups is 1. The first-order valence-electron chi connectivity index (χ1n) is 9.40. The van der Waals surface area contributed by atoms with Crippen LogP contribution in [0.15, 0.2) is 57.7 Å². The zero-order valence-electron chi connectivity index (χ0n) is 16.4. The highest BCUT2D eigenvalue weighted by Gasteiger charge is 2.25. The highest BCUT2D eigenvalue weighted by atomic mass is 16.5. The van der Waals surface area contributed by atoms with Crippen LogP contribution >= 0.6 is 0 Å². The van der Waals surface area contributed by atoms with Crippen LogP contribution in [-0.4, -0.2) is 51.2 Å². The van der Waals surface area contributed by atoms with E-state index in [-0.39, 0.29) is 17.1 Å². The summed E-state index contributed by atoms with van der Waals surface area (Å²) < 4.78 is 16.4. The van der Waals surface area contributed by atoms with E-state index in [9.17, 15) is 9.59 Å². The number of piperazine rings is 1. The molecule has 0 spiro atoms. The van der Waals surface area contributed by atoms with E-state index >= 15 is 0 Å². The van der Waals surface area contributed by atoms with Crippen LogP contribution in [0.3, 0.4) is 0 Å². The lowest BCUT2D eigenvalue weighted by atomic mass is 10.2. The highest BCUT2D eigenvalue weighted by Crippen LogP contribution is 2.28. The average molecular weight is 394 g/mol. The summed E-state index contributed by atoms with van der Waals surface area (Å²) in [6, 6.07) is 14.0. The van der Waals surface area contributed by atoms with Crippen molar-refractivity contribution in [3.8, 4) is 11.5 Å². The SMILES string of the molecule is COc1ccc2c(=O)cc(C(=O)N3CCN(c4ccccc4OC)CC3)oc2c1. The molecule has 0 atom stereocenters. The van der Waals surface area contributed by atoms with Gasteiger partial charge in [-0.15, -0.1) is 0 Å². The van der Waals surface area contributed by atoms with Gasteiger partial charge < -0.3 is 23.7 Å². The number of benzene rings is 2. The Hall–Kier alpha value is -3.48. The standard InChI is InChI=1S/C22H22N2O5/c1-27-15-7-8-16-18(25)14-21(29-20(16)13-15)22(26)24-11-9-23(10-12-24)17-5-3-4-6-19(17)28-2/h3-8,13-14H,9-12H2,1-2H3. The van der Waals surface area contributed by atoms with Gasteiger partial charge in [-0.25, -0.2) is 0 Å². The molecule has 2 aromatic carbocycles. The van der Waals surface area contributed by atoms with Gasteiger partial charge in [0, 0.05) is 38.3 Å². The number of hydrogen-bond acceptors (Lipinski definition) is 6. The molecule has 1 aliphatic heterocycles. The van der Waals surface area contributed by atoms with Crippen LogP contribution in [0.5, 0.6) is 11.5 Å². The third-order valence-corrected chi connectivity index (χ3v) is 5.14. The van der Waals surface area contributed by atoms with E-state index in [1.165, 1.54) is 13.2 Å². The van der Waals surface area contributed by atoms with Crippen molar-refractivity contribution in [2.75, 3.05) is 45.3 Å². The summed E-state index contributed by atoms with van der Waals surface area (Å²) in [5.74, 6) is 1.13. The summed E-state index contributed by atoms with van der Waals surface area (Å²) in [5.41, 5.74) is 1.10. The molecule has 1 aliphatic rings. The molecule has 0 N–H and O–H groups in total. The molecule has 29 heavy (non-hydrogen) atoms. The van der Waals surface area contributed by atoms with Gasteiger partial charge in [-0.2, -0.15) is 0 Å². The van der Waals surface area contributed by atoms with E-state index in [4.69, 9.17) is 13.9 Å². The number of anilines is 1. The molecule has 7 heteroatoms. The molecule has 2 heterocycles. The Bertz CT molecular complexity index is 1100. The minimum atomic E-state index is -0.286. The second-order valence-electron chi connectivity index (χ2n) is 6.79. The summed E-state index contributed by atoms with van der Waals surface area (Å²) in [6.07, 6.45) is 0. The number of amides is 1. The monoisotopic (exact) mass is 394 g/mol. The van der Waals surface area contributed by atoms with Crippen molar-refractivity contribution >= 4 is 22.6 Å². The molecule has 150 valence electrons. The van der Waals surface area contributed by atoms with Gasteiger partial charge in [-0.05, 0) is 24.3 Å². The first-order chi connectivity index (χ1) is 14.1. The molecular weight excluding hydrogens is 372 g/mol. The van der Waals surface area contributed by atoms with Crippen molar-refractivity contribution in [2.24, 2.45) is 0 Å². The summed E-state index contributed by atoms with van der Waals surface area (Å²) in [5, 5.41) is 0.420. The lowest BCUT2D eigenvalue weighted by Crippen LogP contribution is -2.49. The zero-order chi connectivity index (χ0) is 20.4. The van der Waals surface area contributed by atoms with Crippen molar-refractivity contribution in [1.82, 2.24) is 4.90 Å². The summed E-state index contributed by atoms with van der Waals surface area (Å²) in [7, 11) is 3.19. The smallest absolute Gasteiger partial charge is 0.289 e. The molecule has 7 nitrogen and oxygen atoms in total. The second-order valence-corrected chi connectivity index (χ2v) is 6.79. The fourth-order valence-electron chi connectivity index (χ4n) is 3.57. The lowest BCUT2D eigenvalue weighted by molar-refractivity contribution is 0.0715. The van der Waals surface area contributed by atoms with Gasteiger partial charge in [-0.1, -0.05) is 12.1 Å². The minimum absolute atomic E-state index is 0.0431. The predicted octanol–water partition coefficient (Wildman–Crippen LogP) is 2.77. The Labute approximate surface area is 168 Å². The van der Waals surface area contributed by atoms with Crippen LogP contribution in [0.25, 0.3) is 11.0 Å². The maximum atomic E-state index is 12.9. The molecule has 1 saturated heterocycles. The van der Waals surface area contributed by atoms with Crippen LogP contribution in [0.4, 0.5) is 5.69 Å². The number of carbonyl (C=O) groups excluding carboxylic acids is 1. The summed E-state index contributed by atoms with van der Waals surface area (Å²) in [6.45, 7) is 2.38. The Kier molecular flexibility index (Phi) is 5.12. The number of para-hydroxylation sites is 2. The molecule has 0 radical (unpaired) electrons. The van der Waals surface area contributed by atoms with E-state index in [2.05, 4.69) is 4.90 Å². The number of rotatable bonds is 4. The van der Waals surface area contributed by atoms with Gasteiger partial charge in [0.1, 0.15) is 17.1 Å². The lowest BCUT2D eigenvalue weighted by Gasteiger charge is -2.36. The van der Waals surface area contributed by atoms with Gasteiger partial charge in [-0.3, -0.25) is 9.59 Å². The molecule has 1 amide bonds. The molecule has 0 bridgehead atoms. The largest absolute Gasteiger partial charge is 0.497 e. The molecular formula is C22H22N2O5. The van der Waals surface area contributed by atoms with E-state index < -0.39 is 0 Å². The van der Waals surface area contributed by atoms with E-state index in [0.29, 0.717) is 42.9 Å². The van der Waals surface area contributed by atoms with Crippen LogP contribution < -0.4 is 19.8 Å². The molecule has 1 aromatic heterocycles. The minimum Gasteiger partial charge on any atom is -0.497 e. The van der Waals surface area contributed by atoms with Gasteiger partial charge in [0.05, 0.1) is 25.3 Å². The van der Waals surface area contributed by atoms with Crippen molar-refractivity contribution in [3.05, 3.63) is 64.5 Å². The van der Waals surface area contributed by atoms with Gasteiger partial charge in [0.25, 0.3) is 5.91 Å². The fourth-order valence-corrected chi connectivity index (χ4v) is 3.57. The molecule has 1 fully saturated rings. The first-order valence-corrected chi connectivity index (χ1v) is 9.40. The Balaban J connectivity index is 1.53. The summed E-state index contributed by atoms with van der Waals surface area (Å²) in [4.78, 5) is 29.2. The number of nitrogens with zero attached hydrogens (tertiary/aromatic N) is 2. The van der Waals surface area contributed by atoms with Gasteiger partial charge in [0.15, 0.2) is 11.2 Å². The van der Waals surface area contributed by atoms with Crippen molar-refractivity contribution in [2.45, 2.75) is 0 Å². The maximum absolute atomic E-state index is 12.9. The van der Waals surface area contributed by atoms with Crippen molar-refractivity contribution < 1.29 is 18.7 Å². The van der Waals surface area contributed by atoms with E-state index in [1.54, 1.807) is 30.2 Å². The average Bonchev–Trinajstić information content (AvgIpc) is 2.78. The topological polar surface area (TPSA) is 72.2 Å². The van der Waals surface area contributed by atoms with E-state index in [1.807, 2.05) is 24.3 Å². The number of hydrogen-bond donors (Lipinski definition) is 0. The number of fused-ring (bicyclic) bond motifs is 1. The predicted molar refractivity (Wildman–Crippen MR) is 110 cm³/mol. The van der Waals surface area contributed by atoms with E-state index in [0.717, 1.165) is 11.4 Å². The van der Waals surface area contributed by atoms with Crippen LogP contribution in [0.1, 0.15) is 10.6 Å². The summed E-state index contributed by atoms with van der Waals surface area (Å²) >= 11 is 0. The molecule has 0 saturated carbocycles. The number of ether oxygens (including phenoxy) is 2. The number of methoxy groups -OCH3 is 2. The van der Waals surface area contributed by atoms with Crippen molar-refractivity contribution in [3.63, 3.8) is 0 Å². The normalized spacial score (nSPS) is 14.1. The second kappa shape index (κ2) is 7.87. The van der Waals surface area contributed by atoms with Gasteiger partial charge >= 0.3 is 0 Å². The highest BCUT2D eigenvalue weighted by molar-refractivity contribution is 5.93. The fraction of sp³-hybridized carbons (Fsp3) is 0.273. The Morgan fingerprint density at radius 1 is 0.966 bits per heavy atom. The first kappa shape index (κ1) is 18.9. The maximum Gasteiger partial charge on any atom is 0.289 e.